The summed E-state index contributed by atoms with van der Waals surface area (Å²) in [6.07, 6.45) is 0. The quantitative estimate of drug-likeness (QED) is 0.805. The smallest absolute Gasteiger partial charge is 0.335 e. The van der Waals surface area contributed by atoms with Crippen LogP contribution >= 0.6 is 0 Å². The largest absolute Gasteiger partial charge is 0.478 e. The van der Waals surface area contributed by atoms with E-state index in [1.807, 2.05) is 0 Å². The summed E-state index contributed by atoms with van der Waals surface area (Å²) >= 11 is 0. The van der Waals surface area contributed by atoms with E-state index >= 15 is 0 Å². The standard InChI is InChI=1S/C12H14N2O5S/c1-8-9(12(16)17)3-2-4-10(8)20(18,19)14-6-5-13-11(15)7-14/h2-4H,5-7H2,1H3,(H,13,15)(H,16,17). The minimum atomic E-state index is -3.87. The van der Waals surface area contributed by atoms with Crippen LogP contribution in [-0.4, -0.2) is 49.3 Å². The van der Waals surface area contributed by atoms with E-state index in [1.54, 1.807) is 0 Å². The number of benzene rings is 1. The van der Waals surface area contributed by atoms with Gasteiger partial charge in [-0.3, -0.25) is 4.79 Å². The Morgan fingerprint density at radius 3 is 2.70 bits per heavy atom. The van der Waals surface area contributed by atoms with Crippen molar-refractivity contribution in [2.75, 3.05) is 19.6 Å². The fourth-order valence-electron chi connectivity index (χ4n) is 2.08. The predicted molar refractivity (Wildman–Crippen MR) is 69.9 cm³/mol. The normalized spacial score (nSPS) is 16.8. The Labute approximate surface area is 116 Å². The van der Waals surface area contributed by atoms with Crippen molar-refractivity contribution in [3.05, 3.63) is 29.3 Å². The molecule has 1 fully saturated rings. The molecule has 2 N–H and O–H groups in total. The van der Waals surface area contributed by atoms with Crippen molar-refractivity contribution in [1.29, 1.82) is 0 Å². The molecule has 0 aliphatic carbocycles. The number of aromatic carboxylic acids is 1. The maximum Gasteiger partial charge on any atom is 0.335 e. The number of carboxylic acids is 1. The van der Waals surface area contributed by atoms with E-state index in [1.165, 1.54) is 25.1 Å². The first-order valence-corrected chi connectivity index (χ1v) is 7.38. The van der Waals surface area contributed by atoms with Gasteiger partial charge in [0.05, 0.1) is 17.0 Å². The Kier molecular flexibility index (Phi) is 3.78. The first-order chi connectivity index (χ1) is 9.34. The van der Waals surface area contributed by atoms with E-state index in [9.17, 15) is 18.0 Å². The van der Waals surface area contributed by atoms with E-state index in [0.29, 0.717) is 0 Å². The lowest BCUT2D eigenvalue weighted by molar-refractivity contribution is -0.122. The highest BCUT2D eigenvalue weighted by molar-refractivity contribution is 7.89. The van der Waals surface area contributed by atoms with Crippen molar-refractivity contribution in [1.82, 2.24) is 9.62 Å². The number of nitrogens with one attached hydrogen (secondary N) is 1. The van der Waals surface area contributed by atoms with Crippen LogP contribution in [0, 0.1) is 6.92 Å². The summed E-state index contributed by atoms with van der Waals surface area (Å²) in [5.74, 6) is -1.55. The minimum absolute atomic E-state index is 0.0625. The molecule has 0 unspecified atom stereocenters. The molecule has 0 bridgehead atoms. The molecule has 108 valence electrons. The first-order valence-electron chi connectivity index (χ1n) is 5.94. The average Bonchev–Trinajstić information content (AvgIpc) is 2.38. The molecule has 1 aliphatic heterocycles. The van der Waals surface area contributed by atoms with Gasteiger partial charge in [-0.25, -0.2) is 13.2 Å². The molecule has 1 aromatic rings. The third-order valence-electron chi connectivity index (χ3n) is 3.14. The third kappa shape index (κ3) is 2.52. The van der Waals surface area contributed by atoms with Crippen molar-refractivity contribution >= 4 is 21.9 Å². The van der Waals surface area contributed by atoms with Crippen LogP contribution < -0.4 is 5.32 Å². The fraction of sp³-hybridized carbons (Fsp3) is 0.333. The third-order valence-corrected chi connectivity index (χ3v) is 5.13. The molecule has 1 heterocycles. The minimum Gasteiger partial charge on any atom is -0.478 e. The summed E-state index contributed by atoms with van der Waals surface area (Å²) in [5.41, 5.74) is 0.110. The molecule has 0 spiro atoms. The zero-order chi connectivity index (χ0) is 14.9. The van der Waals surface area contributed by atoms with Crippen LogP contribution in [-0.2, 0) is 14.8 Å². The van der Waals surface area contributed by atoms with Gasteiger partial charge in [-0.1, -0.05) is 6.07 Å². The highest BCUT2D eigenvalue weighted by Crippen LogP contribution is 2.23. The van der Waals surface area contributed by atoms with Crippen molar-refractivity contribution in [3.8, 4) is 0 Å². The fourth-order valence-corrected chi connectivity index (χ4v) is 3.73. The van der Waals surface area contributed by atoms with E-state index in [2.05, 4.69) is 5.32 Å². The summed E-state index contributed by atoms with van der Waals surface area (Å²) in [7, 11) is -3.87. The van der Waals surface area contributed by atoms with Crippen LogP contribution in [0.1, 0.15) is 15.9 Å². The van der Waals surface area contributed by atoms with Gasteiger partial charge < -0.3 is 10.4 Å². The zero-order valence-corrected chi connectivity index (χ0v) is 11.6. The van der Waals surface area contributed by atoms with Crippen LogP contribution in [0.5, 0.6) is 0 Å². The Balaban J connectivity index is 2.47. The summed E-state index contributed by atoms with van der Waals surface area (Å²) in [6.45, 7) is 1.61. The highest BCUT2D eigenvalue weighted by Gasteiger charge is 2.31. The van der Waals surface area contributed by atoms with Gasteiger partial charge in [-0.05, 0) is 24.6 Å². The van der Waals surface area contributed by atoms with E-state index in [4.69, 9.17) is 5.11 Å². The molecule has 1 saturated heterocycles. The van der Waals surface area contributed by atoms with Gasteiger partial charge in [0.25, 0.3) is 0 Å². The number of carbonyl (C=O) groups excluding carboxylic acids is 1. The second kappa shape index (κ2) is 5.22. The number of hydrogen-bond donors (Lipinski definition) is 2. The lowest BCUT2D eigenvalue weighted by Gasteiger charge is -2.26. The topological polar surface area (TPSA) is 104 Å². The first kappa shape index (κ1) is 14.5. The van der Waals surface area contributed by atoms with Gasteiger partial charge >= 0.3 is 5.97 Å². The van der Waals surface area contributed by atoms with Gasteiger partial charge in [0.2, 0.25) is 15.9 Å². The Morgan fingerprint density at radius 2 is 2.10 bits per heavy atom. The molecule has 0 atom stereocenters. The Morgan fingerprint density at radius 1 is 1.40 bits per heavy atom. The van der Waals surface area contributed by atoms with Crippen molar-refractivity contribution in [2.45, 2.75) is 11.8 Å². The molecule has 1 aromatic carbocycles. The molecular weight excluding hydrogens is 284 g/mol. The number of nitrogens with zero attached hydrogens (tertiary/aromatic N) is 1. The van der Waals surface area contributed by atoms with E-state index < -0.39 is 16.0 Å². The lowest BCUT2D eigenvalue weighted by Crippen LogP contribution is -2.49. The molecule has 0 radical (unpaired) electrons. The van der Waals surface area contributed by atoms with Crippen LogP contribution in [0.3, 0.4) is 0 Å². The highest BCUT2D eigenvalue weighted by atomic mass is 32.2. The van der Waals surface area contributed by atoms with E-state index in [0.717, 1.165) is 4.31 Å². The summed E-state index contributed by atoms with van der Waals surface area (Å²) in [5, 5.41) is 11.6. The molecular formula is C12H14N2O5S. The molecule has 1 amide bonds. The van der Waals surface area contributed by atoms with Crippen LogP contribution in [0.4, 0.5) is 0 Å². The monoisotopic (exact) mass is 298 g/mol. The molecule has 0 aromatic heterocycles. The van der Waals surface area contributed by atoms with Crippen LogP contribution in [0.15, 0.2) is 23.1 Å². The SMILES string of the molecule is Cc1c(C(=O)O)cccc1S(=O)(=O)N1CCNC(=O)C1. The second-order valence-corrected chi connectivity index (χ2v) is 6.33. The Hall–Kier alpha value is -1.93. The predicted octanol–water partition coefficient (Wildman–Crippen LogP) is -0.186. The number of sulfonamides is 1. The average molecular weight is 298 g/mol. The number of hydrogen-bond acceptors (Lipinski definition) is 4. The van der Waals surface area contributed by atoms with Gasteiger partial charge in [-0.15, -0.1) is 0 Å². The Bertz CT molecular complexity index is 668. The molecule has 1 aliphatic rings. The molecule has 20 heavy (non-hydrogen) atoms. The van der Waals surface area contributed by atoms with Crippen LogP contribution in [0.25, 0.3) is 0 Å². The number of carboxylic acid groups (broad SMARTS) is 1. The van der Waals surface area contributed by atoms with Gasteiger partial charge in [0.1, 0.15) is 0 Å². The lowest BCUT2D eigenvalue weighted by atomic mass is 10.1. The molecule has 0 saturated carbocycles. The number of piperazine rings is 1. The van der Waals surface area contributed by atoms with Gasteiger partial charge in [0, 0.05) is 13.1 Å². The zero-order valence-electron chi connectivity index (χ0n) is 10.8. The maximum absolute atomic E-state index is 12.5. The van der Waals surface area contributed by atoms with Crippen molar-refractivity contribution < 1.29 is 23.1 Å². The summed E-state index contributed by atoms with van der Waals surface area (Å²) in [4.78, 5) is 22.3. The molecule has 7 nitrogen and oxygen atoms in total. The molecule has 2 rings (SSSR count). The van der Waals surface area contributed by atoms with Crippen molar-refractivity contribution in [2.24, 2.45) is 0 Å². The number of rotatable bonds is 3. The van der Waals surface area contributed by atoms with Gasteiger partial charge in [-0.2, -0.15) is 4.31 Å². The molecule has 8 heteroatoms. The maximum atomic E-state index is 12.5. The summed E-state index contributed by atoms with van der Waals surface area (Å²) in [6, 6.07) is 4.08. The summed E-state index contributed by atoms with van der Waals surface area (Å²) < 4.78 is 26.0. The number of amides is 1. The van der Waals surface area contributed by atoms with Crippen LogP contribution in [0.2, 0.25) is 0 Å². The second-order valence-electron chi connectivity index (χ2n) is 4.42. The number of carbonyl (C=O) groups is 2. The van der Waals surface area contributed by atoms with Gasteiger partial charge in [0.15, 0.2) is 0 Å². The van der Waals surface area contributed by atoms with E-state index in [-0.39, 0.29) is 41.6 Å². The van der Waals surface area contributed by atoms with Crippen molar-refractivity contribution in [3.63, 3.8) is 0 Å².